The van der Waals surface area contributed by atoms with E-state index >= 15 is 0 Å². The van der Waals surface area contributed by atoms with E-state index in [1.54, 1.807) is 43.0 Å². The highest BCUT2D eigenvalue weighted by molar-refractivity contribution is 6.09. The van der Waals surface area contributed by atoms with Gasteiger partial charge in [0, 0.05) is 58.8 Å². The SMILES string of the molecule is [2H]c1cc2c3cc([2H])c(Oc4cccc(-c5ccccn5)c4)cc3n(-c3ncccn3)c2cc1Oc1cccc(-c2ccccn2)c1. The Morgan fingerprint density at radius 1 is 0.467 bits per heavy atom. The molecule has 0 spiro atoms. The van der Waals surface area contributed by atoms with Crippen molar-refractivity contribution in [2.24, 2.45) is 0 Å². The van der Waals surface area contributed by atoms with Crippen molar-refractivity contribution in [2.45, 2.75) is 0 Å². The van der Waals surface area contributed by atoms with E-state index < -0.39 is 0 Å². The van der Waals surface area contributed by atoms with Crippen LogP contribution in [0.2, 0.25) is 0 Å². The maximum atomic E-state index is 8.89. The van der Waals surface area contributed by atoms with Crippen LogP contribution in [-0.4, -0.2) is 24.5 Å². The summed E-state index contributed by atoms with van der Waals surface area (Å²) in [6.45, 7) is 0. The van der Waals surface area contributed by atoms with E-state index in [2.05, 4.69) is 19.9 Å². The zero-order valence-electron chi connectivity index (χ0n) is 25.8. The molecule has 0 fully saturated rings. The minimum absolute atomic E-state index is 0.201. The normalized spacial score (nSPS) is 11.7. The summed E-state index contributed by atoms with van der Waals surface area (Å²) in [6.07, 6.45) is 6.86. The molecule has 45 heavy (non-hydrogen) atoms. The Kier molecular flexibility index (Phi) is 6.11. The number of ether oxygens (including phenoxy) is 2. The van der Waals surface area contributed by atoms with Crippen LogP contribution in [0.1, 0.15) is 2.74 Å². The average molecular weight is 586 g/mol. The Morgan fingerprint density at radius 2 is 0.978 bits per heavy atom. The first-order valence-electron chi connectivity index (χ1n) is 15.4. The lowest BCUT2D eigenvalue weighted by atomic mass is 10.1. The molecule has 0 N–H and O–H groups in total. The van der Waals surface area contributed by atoms with Crippen LogP contribution in [0.5, 0.6) is 23.0 Å². The predicted molar refractivity (Wildman–Crippen MR) is 176 cm³/mol. The molecule has 0 amide bonds. The molecule has 4 aromatic heterocycles. The van der Waals surface area contributed by atoms with Crippen LogP contribution in [0.3, 0.4) is 0 Å². The van der Waals surface area contributed by atoms with Crippen molar-refractivity contribution in [3.8, 4) is 51.5 Å². The molecule has 8 rings (SSSR count). The van der Waals surface area contributed by atoms with Gasteiger partial charge < -0.3 is 9.47 Å². The number of benzene rings is 4. The van der Waals surface area contributed by atoms with Crippen LogP contribution in [0.15, 0.2) is 152 Å². The zero-order chi connectivity index (χ0) is 31.7. The maximum Gasteiger partial charge on any atom is 0.234 e. The molecule has 0 bridgehead atoms. The summed E-state index contributed by atoms with van der Waals surface area (Å²) in [7, 11) is 0. The highest BCUT2D eigenvalue weighted by Gasteiger charge is 2.16. The van der Waals surface area contributed by atoms with Crippen LogP contribution in [0.4, 0.5) is 0 Å². The molecule has 4 aromatic carbocycles. The highest BCUT2D eigenvalue weighted by atomic mass is 16.5. The van der Waals surface area contributed by atoms with Crippen LogP contribution in [0, 0.1) is 0 Å². The fourth-order valence-corrected chi connectivity index (χ4v) is 5.35. The topological polar surface area (TPSA) is 75.0 Å². The molecule has 4 heterocycles. The lowest BCUT2D eigenvalue weighted by molar-refractivity contribution is 0.483. The van der Waals surface area contributed by atoms with E-state index in [0.29, 0.717) is 28.9 Å². The van der Waals surface area contributed by atoms with Gasteiger partial charge in [0.1, 0.15) is 23.0 Å². The van der Waals surface area contributed by atoms with Crippen molar-refractivity contribution in [3.63, 3.8) is 0 Å². The van der Waals surface area contributed by atoms with Gasteiger partial charge >= 0.3 is 0 Å². The van der Waals surface area contributed by atoms with Gasteiger partial charge in [0.25, 0.3) is 0 Å². The molecule has 0 unspecified atom stereocenters. The number of pyridine rings is 2. The Balaban J connectivity index is 1.23. The van der Waals surface area contributed by atoms with E-state index in [4.69, 9.17) is 12.2 Å². The average Bonchev–Trinajstić information content (AvgIpc) is 3.41. The summed E-state index contributed by atoms with van der Waals surface area (Å²) in [6, 6.07) is 36.1. The molecule has 214 valence electrons. The second-order valence-corrected chi connectivity index (χ2v) is 10.3. The van der Waals surface area contributed by atoms with Gasteiger partial charge in [-0.1, -0.05) is 36.4 Å². The van der Waals surface area contributed by atoms with Gasteiger partial charge in [-0.15, -0.1) is 0 Å². The number of fused-ring (bicyclic) bond motifs is 3. The van der Waals surface area contributed by atoms with Crippen molar-refractivity contribution in [2.75, 3.05) is 0 Å². The van der Waals surface area contributed by atoms with E-state index in [1.807, 2.05) is 102 Å². The van der Waals surface area contributed by atoms with Crippen LogP contribution >= 0.6 is 0 Å². The van der Waals surface area contributed by atoms with Gasteiger partial charge in [0.2, 0.25) is 5.95 Å². The molecule has 0 atom stereocenters. The van der Waals surface area contributed by atoms with Gasteiger partial charge in [-0.05, 0) is 78.8 Å². The lowest BCUT2D eigenvalue weighted by Gasteiger charge is -2.10. The number of hydrogen-bond acceptors (Lipinski definition) is 6. The van der Waals surface area contributed by atoms with Gasteiger partial charge in [-0.2, -0.15) is 0 Å². The van der Waals surface area contributed by atoms with Crippen molar-refractivity contribution in [1.82, 2.24) is 24.5 Å². The lowest BCUT2D eigenvalue weighted by Crippen LogP contribution is -2.00. The molecule has 0 aliphatic rings. The van der Waals surface area contributed by atoms with Crippen LogP contribution in [-0.2, 0) is 0 Å². The third kappa shape index (κ3) is 5.23. The Labute approximate surface area is 261 Å². The fraction of sp³-hybridized carbons (Fsp3) is 0. The van der Waals surface area contributed by atoms with Gasteiger partial charge in [-0.3, -0.25) is 14.5 Å². The third-order valence-corrected chi connectivity index (χ3v) is 7.37. The first-order chi connectivity index (χ1) is 23.1. The van der Waals surface area contributed by atoms with E-state index in [-0.39, 0.29) is 12.1 Å². The Morgan fingerprint density at radius 3 is 1.47 bits per heavy atom. The summed E-state index contributed by atoms with van der Waals surface area (Å²) in [5.74, 6) is 2.33. The molecule has 0 saturated heterocycles. The maximum absolute atomic E-state index is 8.89. The smallest absolute Gasteiger partial charge is 0.234 e. The quantitative estimate of drug-likeness (QED) is 0.186. The first-order valence-corrected chi connectivity index (χ1v) is 14.4. The van der Waals surface area contributed by atoms with E-state index in [9.17, 15) is 0 Å². The molecule has 0 saturated carbocycles. The summed E-state index contributed by atoms with van der Waals surface area (Å²) >= 11 is 0. The number of rotatable bonds is 7. The van der Waals surface area contributed by atoms with Crippen LogP contribution < -0.4 is 9.47 Å². The minimum atomic E-state index is 0.201. The monoisotopic (exact) mass is 585 g/mol. The molecule has 7 nitrogen and oxygen atoms in total. The molecular formula is C38H25N5O2. The zero-order valence-corrected chi connectivity index (χ0v) is 23.8. The summed E-state index contributed by atoms with van der Waals surface area (Å²) < 4.78 is 32.3. The first kappa shape index (κ1) is 24.1. The van der Waals surface area contributed by atoms with Crippen LogP contribution in [0.25, 0.3) is 50.3 Å². The third-order valence-electron chi connectivity index (χ3n) is 7.37. The second kappa shape index (κ2) is 11.4. The highest BCUT2D eigenvalue weighted by Crippen LogP contribution is 2.37. The molecule has 7 heteroatoms. The van der Waals surface area contributed by atoms with Crippen molar-refractivity contribution >= 4 is 21.8 Å². The summed E-state index contributed by atoms with van der Waals surface area (Å²) in [4.78, 5) is 18.0. The summed E-state index contributed by atoms with van der Waals surface area (Å²) in [5, 5.41) is 1.54. The molecule has 0 radical (unpaired) electrons. The molecule has 8 aromatic rings. The van der Waals surface area contributed by atoms with Gasteiger partial charge in [-0.25, -0.2) is 9.97 Å². The van der Waals surface area contributed by atoms with Gasteiger partial charge in [0.15, 0.2) is 0 Å². The van der Waals surface area contributed by atoms with Crippen molar-refractivity contribution < 1.29 is 12.2 Å². The minimum Gasteiger partial charge on any atom is -0.457 e. The van der Waals surface area contributed by atoms with E-state index in [0.717, 1.165) is 44.3 Å². The number of nitrogens with zero attached hydrogens (tertiary/aromatic N) is 5. The summed E-state index contributed by atoms with van der Waals surface area (Å²) in [5.41, 5.74) is 4.92. The second-order valence-electron chi connectivity index (χ2n) is 10.3. The Hall–Kier alpha value is -6.34. The standard InChI is InChI=1S/C38H25N5O2/c1-3-18-39-34(12-1)26-8-5-10-28(22-26)44-30-14-16-32-33-17-15-31(25-37(33)43(36(32)24-30)38-41-20-7-21-42-38)45-29-11-6-9-27(23-29)35-13-2-4-19-40-35/h1-25H/i14D,15D. The van der Waals surface area contributed by atoms with Crippen molar-refractivity contribution in [3.05, 3.63) is 152 Å². The number of aromatic nitrogens is 5. The largest absolute Gasteiger partial charge is 0.457 e. The predicted octanol–water partition coefficient (Wildman–Crippen LogP) is 9.28. The van der Waals surface area contributed by atoms with Crippen molar-refractivity contribution in [1.29, 1.82) is 0 Å². The molecule has 0 aliphatic carbocycles. The van der Waals surface area contributed by atoms with Gasteiger partial charge in [0.05, 0.1) is 25.2 Å². The fourth-order valence-electron chi connectivity index (χ4n) is 5.35. The molecule has 0 aliphatic heterocycles. The number of hydrogen-bond donors (Lipinski definition) is 0. The Bertz CT molecular complexity index is 2240. The molecular weight excluding hydrogens is 558 g/mol. The van der Waals surface area contributed by atoms with E-state index in [1.165, 1.54) is 0 Å².